The van der Waals surface area contributed by atoms with Crippen LogP contribution in [0.5, 0.6) is 0 Å². The molecule has 0 spiro atoms. The van der Waals surface area contributed by atoms with Gasteiger partial charge in [-0.25, -0.2) is 0 Å². The lowest BCUT2D eigenvalue weighted by Gasteiger charge is -2.46. The molecule has 0 saturated carbocycles. The van der Waals surface area contributed by atoms with Crippen LogP contribution in [0.15, 0.2) is 18.2 Å². The van der Waals surface area contributed by atoms with Gasteiger partial charge in [0.15, 0.2) is 0 Å². The number of hydrogen-bond acceptors (Lipinski definition) is 3. The van der Waals surface area contributed by atoms with E-state index in [4.69, 9.17) is 0 Å². The van der Waals surface area contributed by atoms with E-state index in [1.165, 1.54) is 5.56 Å². The van der Waals surface area contributed by atoms with Crippen LogP contribution in [0, 0.1) is 13.8 Å². The van der Waals surface area contributed by atoms with Gasteiger partial charge < -0.3 is 10.2 Å². The van der Waals surface area contributed by atoms with Crippen LogP contribution < -0.4 is 5.32 Å². The molecule has 0 radical (unpaired) electrons. The Kier molecular flexibility index (Phi) is 3.76. The molecule has 2 saturated heterocycles. The lowest BCUT2D eigenvalue weighted by molar-refractivity contribution is 0.0226. The average molecular weight is 273 g/mol. The molecular formula is C16H23N3O. The predicted octanol–water partition coefficient (Wildman–Crippen LogP) is 1.03. The van der Waals surface area contributed by atoms with E-state index in [0.29, 0.717) is 6.04 Å². The van der Waals surface area contributed by atoms with E-state index in [0.717, 1.165) is 50.4 Å². The van der Waals surface area contributed by atoms with Gasteiger partial charge >= 0.3 is 0 Å². The minimum absolute atomic E-state index is 0.189. The summed E-state index contributed by atoms with van der Waals surface area (Å²) in [5.41, 5.74) is 3.15. The molecule has 0 unspecified atom stereocenters. The maximum atomic E-state index is 12.5. The van der Waals surface area contributed by atoms with Crippen molar-refractivity contribution in [3.63, 3.8) is 0 Å². The van der Waals surface area contributed by atoms with Gasteiger partial charge in [-0.05, 0) is 25.5 Å². The first-order valence-electron chi connectivity index (χ1n) is 7.46. The molecule has 1 amide bonds. The number of nitrogens with one attached hydrogen (secondary N) is 1. The molecule has 0 atom stereocenters. The molecule has 3 rings (SSSR count). The lowest BCUT2D eigenvalue weighted by Crippen LogP contribution is -2.63. The van der Waals surface area contributed by atoms with Crippen molar-refractivity contribution in [1.82, 2.24) is 15.1 Å². The zero-order chi connectivity index (χ0) is 14.1. The molecule has 1 aromatic rings. The highest BCUT2D eigenvalue weighted by Crippen LogP contribution is 2.20. The molecule has 0 bridgehead atoms. The highest BCUT2D eigenvalue weighted by Gasteiger charge is 2.35. The Balaban J connectivity index is 1.60. The van der Waals surface area contributed by atoms with Crippen LogP contribution >= 0.6 is 0 Å². The maximum Gasteiger partial charge on any atom is 0.254 e. The van der Waals surface area contributed by atoms with E-state index in [1.807, 2.05) is 24.0 Å². The average Bonchev–Trinajstić information content (AvgIpc) is 2.38. The Morgan fingerprint density at radius 3 is 2.55 bits per heavy atom. The first-order chi connectivity index (χ1) is 9.65. The summed E-state index contributed by atoms with van der Waals surface area (Å²) in [7, 11) is 0. The van der Waals surface area contributed by atoms with Gasteiger partial charge in [-0.15, -0.1) is 0 Å². The van der Waals surface area contributed by atoms with Crippen molar-refractivity contribution < 1.29 is 4.79 Å². The number of nitrogens with zero attached hydrogens (tertiary/aromatic N) is 2. The fourth-order valence-corrected chi connectivity index (χ4v) is 3.12. The summed E-state index contributed by atoms with van der Waals surface area (Å²) in [6.45, 7) is 10.2. The first-order valence-corrected chi connectivity index (χ1v) is 7.46. The number of rotatable bonds is 2. The quantitative estimate of drug-likeness (QED) is 0.874. The van der Waals surface area contributed by atoms with Gasteiger partial charge in [0.05, 0.1) is 0 Å². The molecule has 2 fully saturated rings. The van der Waals surface area contributed by atoms with Crippen molar-refractivity contribution in [3.05, 3.63) is 34.9 Å². The number of amides is 1. The third-order valence-electron chi connectivity index (χ3n) is 4.43. The second-order valence-electron chi connectivity index (χ2n) is 5.97. The van der Waals surface area contributed by atoms with Crippen LogP contribution in [0.25, 0.3) is 0 Å². The molecular weight excluding hydrogens is 250 g/mol. The fourth-order valence-electron chi connectivity index (χ4n) is 3.12. The van der Waals surface area contributed by atoms with Crippen molar-refractivity contribution in [1.29, 1.82) is 0 Å². The maximum absolute atomic E-state index is 12.5. The standard InChI is InChI=1S/C16H23N3O/c1-12-3-4-15(13(2)9-12)16(20)19-10-14(11-19)18-7-5-17-6-8-18/h3-4,9,14,17H,5-8,10-11H2,1-2H3. The highest BCUT2D eigenvalue weighted by atomic mass is 16.2. The monoisotopic (exact) mass is 273 g/mol. The van der Waals surface area contributed by atoms with Gasteiger partial charge in [-0.3, -0.25) is 9.69 Å². The second kappa shape index (κ2) is 5.54. The Hall–Kier alpha value is -1.39. The van der Waals surface area contributed by atoms with Crippen LogP contribution in [0.2, 0.25) is 0 Å². The molecule has 4 heteroatoms. The number of likely N-dealkylation sites (tertiary alicyclic amines) is 1. The minimum atomic E-state index is 0.189. The summed E-state index contributed by atoms with van der Waals surface area (Å²) in [4.78, 5) is 17.0. The molecule has 108 valence electrons. The van der Waals surface area contributed by atoms with Crippen LogP contribution in [0.4, 0.5) is 0 Å². The van der Waals surface area contributed by atoms with Crippen LogP contribution in [0.1, 0.15) is 21.5 Å². The van der Waals surface area contributed by atoms with Gasteiger partial charge in [0.25, 0.3) is 5.91 Å². The zero-order valence-electron chi connectivity index (χ0n) is 12.4. The molecule has 2 heterocycles. The van der Waals surface area contributed by atoms with Crippen molar-refractivity contribution in [2.45, 2.75) is 19.9 Å². The van der Waals surface area contributed by atoms with Gasteiger partial charge in [0, 0.05) is 50.9 Å². The summed E-state index contributed by atoms with van der Waals surface area (Å²) in [6, 6.07) is 6.63. The molecule has 0 aliphatic carbocycles. The molecule has 1 N–H and O–H groups in total. The second-order valence-corrected chi connectivity index (χ2v) is 5.97. The SMILES string of the molecule is Cc1ccc(C(=O)N2CC(N3CCNCC3)C2)c(C)c1. The summed E-state index contributed by atoms with van der Waals surface area (Å²) >= 11 is 0. The Morgan fingerprint density at radius 1 is 1.20 bits per heavy atom. The smallest absolute Gasteiger partial charge is 0.254 e. The molecule has 2 aliphatic heterocycles. The van der Waals surface area contributed by atoms with Crippen molar-refractivity contribution in [2.24, 2.45) is 0 Å². The van der Waals surface area contributed by atoms with Crippen LogP contribution in [0.3, 0.4) is 0 Å². The Bertz CT molecular complexity index is 502. The van der Waals surface area contributed by atoms with Gasteiger partial charge in [0.1, 0.15) is 0 Å². The zero-order valence-corrected chi connectivity index (χ0v) is 12.4. The van der Waals surface area contributed by atoms with Crippen molar-refractivity contribution >= 4 is 5.91 Å². The number of piperazine rings is 1. The topological polar surface area (TPSA) is 35.6 Å². The predicted molar refractivity (Wildman–Crippen MR) is 80.1 cm³/mol. The Morgan fingerprint density at radius 2 is 1.90 bits per heavy atom. The lowest BCUT2D eigenvalue weighted by atomic mass is 10.0. The van der Waals surface area contributed by atoms with E-state index in [-0.39, 0.29) is 5.91 Å². The summed E-state index contributed by atoms with van der Waals surface area (Å²) in [6.07, 6.45) is 0. The van der Waals surface area contributed by atoms with Crippen LogP contribution in [-0.4, -0.2) is 61.0 Å². The summed E-state index contributed by atoms with van der Waals surface area (Å²) < 4.78 is 0. The number of benzene rings is 1. The van der Waals surface area contributed by atoms with E-state index in [2.05, 4.69) is 23.2 Å². The normalized spacial score (nSPS) is 20.8. The molecule has 1 aromatic carbocycles. The molecule has 2 aliphatic rings. The third-order valence-corrected chi connectivity index (χ3v) is 4.43. The number of carbonyl (C=O) groups is 1. The Labute approximate surface area is 120 Å². The van der Waals surface area contributed by atoms with Gasteiger partial charge in [-0.2, -0.15) is 0 Å². The third kappa shape index (κ3) is 2.58. The largest absolute Gasteiger partial charge is 0.335 e. The van der Waals surface area contributed by atoms with Crippen molar-refractivity contribution in [3.8, 4) is 0 Å². The molecule has 0 aromatic heterocycles. The first kappa shape index (κ1) is 13.6. The minimum Gasteiger partial charge on any atom is -0.335 e. The van der Waals surface area contributed by atoms with E-state index in [1.54, 1.807) is 0 Å². The van der Waals surface area contributed by atoms with E-state index < -0.39 is 0 Å². The number of hydrogen-bond donors (Lipinski definition) is 1. The van der Waals surface area contributed by atoms with Gasteiger partial charge in [0.2, 0.25) is 0 Å². The number of aryl methyl sites for hydroxylation is 2. The summed E-state index contributed by atoms with van der Waals surface area (Å²) in [5, 5.41) is 3.37. The van der Waals surface area contributed by atoms with Crippen LogP contribution in [-0.2, 0) is 0 Å². The number of carbonyl (C=O) groups excluding carboxylic acids is 1. The summed E-state index contributed by atoms with van der Waals surface area (Å²) in [5.74, 6) is 0.189. The molecule has 20 heavy (non-hydrogen) atoms. The highest BCUT2D eigenvalue weighted by molar-refractivity contribution is 5.96. The van der Waals surface area contributed by atoms with E-state index >= 15 is 0 Å². The van der Waals surface area contributed by atoms with Crippen molar-refractivity contribution in [2.75, 3.05) is 39.3 Å². The van der Waals surface area contributed by atoms with E-state index in [9.17, 15) is 4.79 Å². The van der Waals surface area contributed by atoms with Gasteiger partial charge in [-0.1, -0.05) is 17.7 Å². The molecule has 4 nitrogen and oxygen atoms in total. The fraction of sp³-hybridized carbons (Fsp3) is 0.562.